The minimum Gasteiger partial charge on any atom is -0.444 e. The molecular formula is C16H28N2O3. The van der Waals surface area contributed by atoms with Crippen LogP contribution in [0.5, 0.6) is 0 Å². The average Bonchev–Trinajstić information content (AvgIpc) is 2.82. The van der Waals surface area contributed by atoms with Crippen molar-refractivity contribution < 1.29 is 14.3 Å². The summed E-state index contributed by atoms with van der Waals surface area (Å²) >= 11 is 0. The molecule has 0 aromatic carbocycles. The van der Waals surface area contributed by atoms with Crippen LogP contribution in [0.25, 0.3) is 0 Å². The number of nitrogens with two attached hydrogens (primary N) is 1. The average molecular weight is 296 g/mol. The van der Waals surface area contributed by atoms with Gasteiger partial charge in [-0.15, -0.1) is 0 Å². The largest absolute Gasteiger partial charge is 0.444 e. The monoisotopic (exact) mass is 296 g/mol. The predicted octanol–water partition coefficient (Wildman–Crippen LogP) is 2.68. The van der Waals surface area contributed by atoms with E-state index in [1.807, 2.05) is 20.8 Å². The first-order valence-electron chi connectivity index (χ1n) is 8.08. The van der Waals surface area contributed by atoms with E-state index in [0.717, 1.165) is 19.3 Å². The summed E-state index contributed by atoms with van der Waals surface area (Å²) in [6, 6.07) is -0.497. The van der Waals surface area contributed by atoms with Crippen molar-refractivity contribution in [1.82, 2.24) is 4.90 Å². The molecule has 2 rings (SSSR count). The van der Waals surface area contributed by atoms with Crippen LogP contribution in [-0.2, 0) is 9.53 Å². The van der Waals surface area contributed by atoms with Gasteiger partial charge in [-0.3, -0.25) is 9.69 Å². The molecule has 5 nitrogen and oxygen atoms in total. The fraction of sp³-hybridized carbons (Fsp3) is 0.875. The minimum absolute atomic E-state index is 0.204. The first-order valence-corrected chi connectivity index (χ1v) is 8.08. The molecule has 2 N–H and O–H groups in total. The number of likely N-dealkylation sites (tertiary alicyclic amines) is 1. The number of nitrogens with zero attached hydrogens (tertiary/aromatic N) is 1. The number of rotatable bonds is 2. The second kappa shape index (κ2) is 6.24. The number of amides is 2. The number of hydrogen-bond donors (Lipinski definition) is 1. The Kier molecular flexibility index (Phi) is 4.79. The van der Waals surface area contributed by atoms with E-state index in [9.17, 15) is 9.59 Å². The lowest BCUT2D eigenvalue weighted by Crippen LogP contribution is -2.49. The van der Waals surface area contributed by atoms with Crippen molar-refractivity contribution in [3.05, 3.63) is 0 Å². The van der Waals surface area contributed by atoms with E-state index in [0.29, 0.717) is 12.5 Å². The molecule has 0 bridgehead atoms. The SMILES string of the molecule is CC(C)(C)OC(=O)N1CC[C@@H](C2CCCCC2)[C@H]1C(N)=O. The van der Waals surface area contributed by atoms with Crippen LogP contribution < -0.4 is 5.73 Å². The quantitative estimate of drug-likeness (QED) is 0.851. The Morgan fingerprint density at radius 2 is 1.71 bits per heavy atom. The van der Waals surface area contributed by atoms with Gasteiger partial charge in [-0.05, 0) is 39.0 Å². The van der Waals surface area contributed by atoms with Crippen molar-refractivity contribution in [2.75, 3.05) is 6.54 Å². The molecule has 1 saturated heterocycles. The van der Waals surface area contributed by atoms with E-state index < -0.39 is 23.6 Å². The maximum absolute atomic E-state index is 12.3. The zero-order valence-corrected chi connectivity index (χ0v) is 13.4. The van der Waals surface area contributed by atoms with Crippen LogP contribution in [0.1, 0.15) is 59.3 Å². The molecule has 1 heterocycles. The van der Waals surface area contributed by atoms with Gasteiger partial charge in [0.2, 0.25) is 5.91 Å². The molecule has 2 atom stereocenters. The van der Waals surface area contributed by atoms with Gasteiger partial charge in [0, 0.05) is 6.54 Å². The predicted molar refractivity (Wildman–Crippen MR) is 80.6 cm³/mol. The summed E-state index contributed by atoms with van der Waals surface area (Å²) in [4.78, 5) is 25.8. The maximum atomic E-state index is 12.3. The second-order valence-electron chi connectivity index (χ2n) is 7.37. The van der Waals surface area contributed by atoms with Crippen molar-refractivity contribution in [3.63, 3.8) is 0 Å². The van der Waals surface area contributed by atoms with Crippen LogP contribution in [-0.4, -0.2) is 35.1 Å². The van der Waals surface area contributed by atoms with Gasteiger partial charge in [0.25, 0.3) is 0 Å². The van der Waals surface area contributed by atoms with Gasteiger partial charge in [0.15, 0.2) is 0 Å². The molecule has 0 radical (unpaired) electrons. The van der Waals surface area contributed by atoms with Crippen LogP contribution in [0.3, 0.4) is 0 Å². The van der Waals surface area contributed by atoms with Crippen molar-refractivity contribution in [2.45, 2.75) is 70.9 Å². The Bertz CT molecular complexity index is 397. The highest BCUT2D eigenvalue weighted by atomic mass is 16.6. The van der Waals surface area contributed by atoms with E-state index in [2.05, 4.69) is 0 Å². The highest BCUT2D eigenvalue weighted by Gasteiger charge is 2.45. The third-order valence-electron chi connectivity index (χ3n) is 4.62. The molecule has 2 amide bonds. The zero-order valence-electron chi connectivity index (χ0n) is 13.4. The van der Waals surface area contributed by atoms with Crippen molar-refractivity contribution >= 4 is 12.0 Å². The molecule has 0 aromatic rings. The molecule has 2 fully saturated rings. The molecule has 2 aliphatic rings. The summed E-state index contributed by atoms with van der Waals surface area (Å²) in [5.41, 5.74) is 5.05. The van der Waals surface area contributed by atoms with Gasteiger partial charge < -0.3 is 10.5 Å². The van der Waals surface area contributed by atoms with Gasteiger partial charge in [0.1, 0.15) is 11.6 Å². The molecule has 1 aliphatic carbocycles. The third-order valence-corrected chi connectivity index (χ3v) is 4.62. The van der Waals surface area contributed by atoms with Gasteiger partial charge in [-0.1, -0.05) is 32.1 Å². The molecule has 21 heavy (non-hydrogen) atoms. The molecule has 1 saturated carbocycles. The van der Waals surface area contributed by atoms with E-state index >= 15 is 0 Å². The third kappa shape index (κ3) is 3.89. The van der Waals surface area contributed by atoms with Crippen LogP contribution in [0.2, 0.25) is 0 Å². The molecule has 5 heteroatoms. The summed E-state index contributed by atoms with van der Waals surface area (Å²) in [6.07, 6.45) is 6.47. The molecular weight excluding hydrogens is 268 g/mol. The Hall–Kier alpha value is -1.26. The summed E-state index contributed by atoms with van der Waals surface area (Å²) in [7, 11) is 0. The van der Waals surface area contributed by atoms with Crippen molar-refractivity contribution in [1.29, 1.82) is 0 Å². The number of carbonyl (C=O) groups is 2. The van der Waals surface area contributed by atoms with E-state index in [-0.39, 0.29) is 5.92 Å². The van der Waals surface area contributed by atoms with Crippen LogP contribution >= 0.6 is 0 Å². The fourth-order valence-electron chi connectivity index (χ4n) is 3.76. The van der Waals surface area contributed by atoms with Gasteiger partial charge in [0.05, 0.1) is 0 Å². The summed E-state index contributed by atoms with van der Waals surface area (Å²) in [5, 5.41) is 0. The Balaban J connectivity index is 2.09. The molecule has 0 unspecified atom stereocenters. The lowest BCUT2D eigenvalue weighted by molar-refractivity contribution is -0.124. The maximum Gasteiger partial charge on any atom is 0.410 e. The van der Waals surface area contributed by atoms with Crippen LogP contribution in [0.4, 0.5) is 4.79 Å². The number of ether oxygens (including phenoxy) is 1. The second-order valence-corrected chi connectivity index (χ2v) is 7.37. The molecule has 120 valence electrons. The Morgan fingerprint density at radius 3 is 2.24 bits per heavy atom. The normalized spacial score (nSPS) is 27.7. The highest BCUT2D eigenvalue weighted by molar-refractivity contribution is 5.85. The van der Waals surface area contributed by atoms with Gasteiger partial charge in [-0.25, -0.2) is 4.79 Å². The van der Waals surface area contributed by atoms with Gasteiger partial charge in [-0.2, -0.15) is 0 Å². The first kappa shape index (κ1) is 16.1. The van der Waals surface area contributed by atoms with Crippen LogP contribution in [0.15, 0.2) is 0 Å². The van der Waals surface area contributed by atoms with E-state index in [1.165, 1.54) is 19.3 Å². The Labute approximate surface area is 127 Å². The van der Waals surface area contributed by atoms with E-state index in [4.69, 9.17) is 10.5 Å². The lowest BCUT2D eigenvalue weighted by atomic mass is 9.76. The summed E-state index contributed by atoms with van der Waals surface area (Å²) < 4.78 is 5.42. The fourth-order valence-corrected chi connectivity index (χ4v) is 3.76. The molecule has 1 aliphatic heterocycles. The standard InChI is InChI=1S/C16H28N2O3/c1-16(2,3)21-15(20)18-10-9-12(13(18)14(17)19)11-7-5-4-6-8-11/h11-13H,4-10H2,1-3H3,(H2,17,19)/t12-,13-/m0/s1. The van der Waals surface area contributed by atoms with Crippen molar-refractivity contribution in [3.8, 4) is 0 Å². The number of hydrogen-bond acceptors (Lipinski definition) is 3. The first-order chi connectivity index (χ1) is 9.79. The minimum atomic E-state index is -0.553. The molecule has 0 spiro atoms. The van der Waals surface area contributed by atoms with Gasteiger partial charge >= 0.3 is 6.09 Å². The summed E-state index contributed by atoms with van der Waals surface area (Å²) in [5.74, 6) is 0.327. The smallest absolute Gasteiger partial charge is 0.410 e. The highest BCUT2D eigenvalue weighted by Crippen LogP contribution is 2.39. The Morgan fingerprint density at radius 1 is 1.10 bits per heavy atom. The van der Waals surface area contributed by atoms with Crippen LogP contribution in [0, 0.1) is 11.8 Å². The topological polar surface area (TPSA) is 72.6 Å². The van der Waals surface area contributed by atoms with Crippen molar-refractivity contribution in [2.24, 2.45) is 17.6 Å². The zero-order chi connectivity index (χ0) is 15.6. The number of primary amides is 1. The summed E-state index contributed by atoms with van der Waals surface area (Å²) in [6.45, 7) is 6.07. The van der Waals surface area contributed by atoms with E-state index in [1.54, 1.807) is 4.90 Å². The molecule has 0 aromatic heterocycles. The number of carbonyl (C=O) groups excluding carboxylic acids is 2. The lowest BCUT2D eigenvalue weighted by Gasteiger charge is -2.33.